The van der Waals surface area contributed by atoms with E-state index in [2.05, 4.69) is 0 Å². The van der Waals surface area contributed by atoms with Crippen LogP contribution in [0.4, 0.5) is 0 Å². The van der Waals surface area contributed by atoms with Gasteiger partial charge in [-0.25, -0.2) is 0 Å². The quantitative estimate of drug-likeness (QED) is 0.717. The summed E-state index contributed by atoms with van der Waals surface area (Å²) >= 11 is 0. The Hall–Kier alpha value is -1.15. The molecule has 2 heteroatoms. The van der Waals surface area contributed by atoms with E-state index in [1.165, 1.54) is 0 Å². The van der Waals surface area contributed by atoms with Gasteiger partial charge < -0.3 is 5.73 Å². The van der Waals surface area contributed by atoms with Gasteiger partial charge in [0, 0.05) is 5.56 Å². The smallest absolute Gasteiger partial charge is 0.179 e. The molecule has 0 aliphatic rings. The second kappa shape index (κ2) is 4.19. The maximum absolute atomic E-state index is 11.7. The summed E-state index contributed by atoms with van der Waals surface area (Å²) in [5.41, 5.74) is 7.41. The predicted octanol–water partition coefficient (Wildman–Crippen LogP) is 1.92. The van der Waals surface area contributed by atoms with E-state index in [0.717, 1.165) is 11.1 Å². The summed E-state index contributed by atoms with van der Waals surface area (Å²) in [6, 6.07) is 7.18. The molecule has 0 radical (unpaired) electrons. The van der Waals surface area contributed by atoms with Gasteiger partial charge in [-0.15, -0.1) is 0 Å². The van der Waals surface area contributed by atoms with Crippen molar-refractivity contribution in [3.8, 4) is 0 Å². The highest BCUT2D eigenvalue weighted by atomic mass is 16.1. The van der Waals surface area contributed by atoms with E-state index < -0.39 is 0 Å². The molecule has 2 nitrogen and oxygen atoms in total. The zero-order valence-corrected chi connectivity index (χ0v) is 8.08. The number of rotatable bonds is 3. The largest absolute Gasteiger partial charge is 0.321 e. The van der Waals surface area contributed by atoms with E-state index in [1.54, 1.807) is 0 Å². The third-order valence-corrected chi connectivity index (χ3v) is 2.19. The molecule has 1 rings (SSSR count). The van der Waals surface area contributed by atoms with E-state index in [4.69, 9.17) is 5.73 Å². The minimum atomic E-state index is -0.360. The van der Waals surface area contributed by atoms with Crippen molar-refractivity contribution in [3.05, 3.63) is 35.4 Å². The van der Waals surface area contributed by atoms with E-state index in [-0.39, 0.29) is 11.8 Å². The molecule has 70 valence electrons. The van der Waals surface area contributed by atoms with E-state index in [9.17, 15) is 4.79 Å². The highest BCUT2D eigenvalue weighted by molar-refractivity contribution is 6.01. The molecule has 0 aliphatic heterocycles. The van der Waals surface area contributed by atoms with Crippen molar-refractivity contribution in [1.82, 2.24) is 0 Å². The topological polar surface area (TPSA) is 43.1 Å². The Kier molecular flexibility index (Phi) is 3.20. The molecule has 1 aromatic carbocycles. The highest BCUT2D eigenvalue weighted by Gasteiger charge is 2.14. The maximum Gasteiger partial charge on any atom is 0.179 e. The van der Waals surface area contributed by atoms with Crippen LogP contribution >= 0.6 is 0 Å². The van der Waals surface area contributed by atoms with Crippen LogP contribution in [0.25, 0.3) is 0 Å². The molecular weight excluding hydrogens is 162 g/mol. The Morgan fingerprint density at radius 3 is 2.62 bits per heavy atom. The van der Waals surface area contributed by atoms with Crippen molar-refractivity contribution in [2.45, 2.75) is 26.3 Å². The Balaban J connectivity index is 2.95. The lowest BCUT2D eigenvalue weighted by Gasteiger charge is -2.09. The number of aryl methyl sites for hydroxylation is 1. The van der Waals surface area contributed by atoms with Crippen LogP contribution in [-0.4, -0.2) is 11.8 Å². The van der Waals surface area contributed by atoms with Crippen LogP contribution in [0.5, 0.6) is 0 Å². The molecule has 1 atom stereocenters. The third kappa shape index (κ3) is 2.16. The molecule has 0 heterocycles. The predicted molar refractivity (Wildman–Crippen MR) is 53.8 cm³/mol. The van der Waals surface area contributed by atoms with Crippen LogP contribution in [0.2, 0.25) is 0 Å². The first-order valence-corrected chi connectivity index (χ1v) is 4.52. The molecule has 0 amide bonds. The van der Waals surface area contributed by atoms with Crippen molar-refractivity contribution in [2.75, 3.05) is 0 Å². The lowest BCUT2D eigenvalue weighted by Crippen LogP contribution is -2.29. The first-order valence-electron chi connectivity index (χ1n) is 4.52. The monoisotopic (exact) mass is 177 g/mol. The van der Waals surface area contributed by atoms with Crippen LogP contribution in [0.1, 0.15) is 29.3 Å². The van der Waals surface area contributed by atoms with Gasteiger partial charge in [-0.1, -0.05) is 31.2 Å². The summed E-state index contributed by atoms with van der Waals surface area (Å²) in [4.78, 5) is 11.7. The summed E-state index contributed by atoms with van der Waals surface area (Å²) in [6.07, 6.45) is 0.688. The number of carbonyl (C=O) groups is 1. The molecule has 0 saturated carbocycles. The Morgan fingerprint density at radius 2 is 2.08 bits per heavy atom. The number of carbonyl (C=O) groups excluding carboxylic acids is 1. The summed E-state index contributed by atoms with van der Waals surface area (Å²) in [5.74, 6) is 0.0422. The average Bonchev–Trinajstić information content (AvgIpc) is 2.16. The Morgan fingerprint density at radius 1 is 1.46 bits per heavy atom. The summed E-state index contributed by atoms with van der Waals surface area (Å²) in [7, 11) is 0. The number of ketones is 1. The SMILES string of the molecule is CCC(N)C(=O)c1ccccc1C. The molecule has 0 spiro atoms. The second-order valence-corrected chi connectivity index (χ2v) is 3.19. The van der Waals surface area contributed by atoms with Gasteiger partial charge in [0.25, 0.3) is 0 Å². The van der Waals surface area contributed by atoms with Gasteiger partial charge in [-0.3, -0.25) is 4.79 Å². The summed E-state index contributed by atoms with van der Waals surface area (Å²) < 4.78 is 0. The molecule has 0 saturated heterocycles. The fourth-order valence-electron chi connectivity index (χ4n) is 1.23. The molecule has 0 fully saturated rings. The van der Waals surface area contributed by atoms with Gasteiger partial charge in [0.2, 0.25) is 0 Å². The molecule has 0 bridgehead atoms. The van der Waals surface area contributed by atoms with E-state index in [1.807, 2.05) is 38.1 Å². The first kappa shape index (κ1) is 9.93. The lowest BCUT2D eigenvalue weighted by molar-refractivity contribution is 0.0959. The van der Waals surface area contributed by atoms with Crippen molar-refractivity contribution < 1.29 is 4.79 Å². The number of benzene rings is 1. The highest BCUT2D eigenvalue weighted by Crippen LogP contribution is 2.10. The van der Waals surface area contributed by atoms with Crippen LogP contribution in [0, 0.1) is 6.92 Å². The van der Waals surface area contributed by atoms with Crippen molar-refractivity contribution in [2.24, 2.45) is 5.73 Å². The van der Waals surface area contributed by atoms with Crippen LogP contribution < -0.4 is 5.73 Å². The Bertz CT molecular complexity index is 307. The zero-order chi connectivity index (χ0) is 9.84. The normalized spacial score (nSPS) is 12.5. The standard InChI is InChI=1S/C11H15NO/c1-3-10(12)11(13)9-7-5-4-6-8(9)2/h4-7,10H,3,12H2,1-2H3. The molecule has 0 aliphatic carbocycles. The number of nitrogens with two attached hydrogens (primary N) is 1. The second-order valence-electron chi connectivity index (χ2n) is 3.19. The summed E-state index contributed by atoms with van der Waals surface area (Å²) in [6.45, 7) is 3.84. The van der Waals surface area contributed by atoms with Gasteiger partial charge in [0.1, 0.15) is 0 Å². The Labute approximate surface area is 78.8 Å². The summed E-state index contributed by atoms with van der Waals surface area (Å²) in [5, 5.41) is 0. The van der Waals surface area contributed by atoms with Crippen LogP contribution in [0.3, 0.4) is 0 Å². The van der Waals surface area contributed by atoms with Gasteiger partial charge in [-0.2, -0.15) is 0 Å². The first-order chi connectivity index (χ1) is 6.16. The molecule has 0 aromatic heterocycles. The van der Waals surface area contributed by atoms with Crippen molar-refractivity contribution in [1.29, 1.82) is 0 Å². The zero-order valence-electron chi connectivity index (χ0n) is 8.08. The molecule has 13 heavy (non-hydrogen) atoms. The molecule has 1 aromatic rings. The van der Waals surface area contributed by atoms with Crippen molar-refractivity contribution in [3.63, 3.8) is 0 Å². The van der Waals surface area contributed by atoms with Crippen LogP contribution in [-0.2, 0) is 0 Å². The molecular formula is C11H15NO. The van der Waals surface area contributed by atoms with Gasteiger partial charge in [-0.05, 0) is 18.9 Å². The van der Waals surface area contributed by atoms with Gasteiger partial charge >= 0.3 is 0 Å². The number of hydrogen-bond acceptors (Lipinski definition) is 2. The molecule has 2 N–H and O–H groups in total. The number of hydrogen-bond donors (Lipinski definition) is 1. The van der Waals surface area contributed by atoms with Crippen LogP contribution in [0.15, 0.2) is 24.3 Å². The van der Waals surface area contributed by atoms with E-state index >= 15 is 0 Å². The van der Waals surface area contributed by atoms with E-state index in [0.29, 0.717) is 6.42 Å². The van der Waals surface area contributed by atoms with Gasteiger partial charge in [0.05, 0.1) is 6.04 Å². The fraction of sp³-hybridized carbons (Fsp3) is 0.364. The average molecular weight is 177 g/mol. The minimum Gasteiger partial charge on any atom is -0.321 e. The third-order valence-electron chi connectivity index (χ3n) is 2.19. The minimum absolute atomic E-state index is 0.0422. The maximum atomic E-state index is 11.7. The van der Waals surface area contributed by atoms with Gasteiger partial charge in [0.15, 0.2) is 5.78 Å². The van der Waals surface area contributed by atoms with Crippen molar-refractivity contribution >= 4 is 5.78 Å². The fourth-order valence-corrected chi connectivity index (χ4v) is 1.23. The number of Topliss-reactive ketones (excluding diaryl/α,β-unsaturated/α-hetero) is 1. The lowest BCUT2D eigenvalue weighted by atomic mass is 9.99. The molecule has 1 unspecified atom stereocenters.